The lowest BCUT2D eigenvalue weighted by atomic mass is 10.1. The summed E-state index contributed by atoms with van der Waals surface area (Å²) in [6, 6.07) is 16.7. The maximum atomic E-state index is 12.1. The second kappa shape index (κ2) is 5.97. The topological polar surface area (TPSA) is 60.7 Å². The zero-order valence-corrected chi connectivity index (χ0v) is 12.6. The average molecular weight is 343 g/mol. The number of nitrogens with zero attached hydrogens (tertiary/aromatic N) is 4. The Kier molecular flexibility index (Phi) is 3.87. The van der Waals surface area contributed by atoms with Gasteiger partial charge in [0.2, 0.25) is 5.82 Å². The summed E-state index contributed by atoms with van der Waals surface area (Å²) in [6.07, 6.45) is 0. The monoisotopic (exact) mass is 342 g/mol. The molecular weight excluding hydrogens is 332 g/mol. The molecule has 0 aliphatic carbocycles. The summed E-state index contributed by atoms with van der Waals surface area (Å²) in [5.74, 6) is 0.440. The van der Waals surface area contributed by atoms with E-state index in [0.29, 0.717) is 11.4 Å². The fourth-order valence-electron chi connectivity index (χ4n) is 1.90. The quantitative estimate of drug-likeness (QED) is 0.684. The SMILES string of the molecule is O=C(Cn1nnc(-c2ccccc2Br)n1)c1ccccc1. The lowest BCUT2D eigenvalue weighted by Gasteiger charge is -1.99. The van der Waals surface area contributed by atoms with E-state index in [1.54, 1.807) is 12.1 Å². The number of tetrazole rings is 1. The summed E-state index contributed by atoms with van der Waals surface area (Å²) < 4.78 is 0.888. The van der Waals surface area contributed by atoms with E-state index in [1.165, 1.54) is 4.80 Å². The molecule has 5 nitrogen and oxygen atoms in total. The van der Waals surface area contributed by atoms with Crippen molar-refractivity contribution in [2.24, 2.45) is 0 Å². The van der Waals surface area contributed by atoms with Gasteiger partial charge in [-0.2, -0.15) is 4.80 Å². The van der Waals surface area contributed by atoms with Crippen molar-refractivity contribution in [2.45, 2.75) is 6.54 Å². The van der Waals surface area contributed by atoms with Gasteiger partial charge in [0.05, 0.1) is 0 Å². The molecule has 0 radical (unpaired) electrons. The number of aromatic nitrogens is 4. The van der Waals surface area contributed by atoms with Crippen molar-refractivity contribution < 1.29 is 4.79 Å². The van der Waals surface area contributed by atoms with Crippen LogP contribution in [0.25, 0.3) is 11.4 Å². The smallest absolute Gasteiger partial charge is 0.206 e. The van der Waals surface area contributed by atoms with Gasteiger partial charge in [-0.25, -0.2) is 0 Å². The van der Waals surface area contributed by atoms with E-state index in [0.717, 1.165) is 10.0 Å². The van der Waals surface area contributed by atoms with E-state index in [1.807, 2.05) is 42.5 Å². The van der Waals surface area contributed by atoms with Gasteiger partial charge in [-0.3, -0.25) is 4.79 Å². The second-order valence-electron chi connectivity index (χ2n) is 4.41. The van der Waals surface area contributed by atoms with Crippen molar-refractivity contribution in [3.63, 3.8) is 0 Å². The van der Waals surface area contributed by atoms with Crippen LogP contribution in [0.1, 0.15) is 10.4 Å². The fraction of sp³-hybridized carbons (Fsp3) is 0.0667. The highest BCUT2D eigenvalue weighted by Gasteiger charge is 2.12. The minimum Gasteiger partial charge on any atom is -0.292 e. The number of rotatable bonds is 4. The van der Waals surface area contributed by atoms with E-state index in [4.69, 9.17) is 0 Å². The molecule has 0 amide bonds. The molecule has 0 atom stereocenters. The minimum atomic E-state index is -0.0494. The molecule has 104 valence electrons. The fourth-order valence-corrected chi connectivity index (χ4v) is 2.37. The highest BCUT2D eigenvalue weighted by molar-refractivity contribution is 9.10. The van der Waals surface area contributed by atoms with Crippen LogP contribution in [-0.2, 0) is 6.54 Å². The number of benzene rings is 2. The molecule has 0 N–H and O–H groups in total. The lowest BCUT2D eigenvalue weighted by molar-refractivity contribution is 0.0961. The van der Waals surface area contributed by atoms with E-state index in [2.05, 4.69) is 31.3 Å². The molecule has 0 bridgehead atoms. The van der Waals surface area contributed by atoms with Crippen LogP contribution in [0.2, 0.25) is 0 Å². The zero-order chi connectivity index (χ0) is 14.7. The third kappa shape index (κ3) is 3.05. The number of ketones is 1. The van der Waals surface area contributed by atoms with Crippen LogP contribution in [0.5, 0.6) is 0 Å². The summed E-state index contributed by atoms with van der Waals surface area (Å²) in [7, 11) is 0. The molecule has 3 aromatic rings. The number of carbonyl (C=O) groups excluding carboxylic acids is 1. The number of hydrogen-bond donors (Lipinski definition) is 0. The summed E-state index contributed by atoms with van der Waals surface area (Å²) in [5.41, 5.74) is 1.48. The van der Waals surface area contributed by atoms with Crippen LogP contribution in [0, 0.1) is 0 Å². The first-order valence-electron chi connectivity index (χ1n) is 6.35. The van der Waals surface area contributed by atoms with E-state index < -0.39 is 0 Å². The van der Waals surface area contributed by atoms with Gasteiger partial charge < -0.3 is 0 Å². The predicted octanol–water partition coefficient (Wildman–Crippen LogP) is 2.99. The normalized spacial score (nSPS) is 10.5. The molecule has 2 aromatic carbocycles. The molecule has 1 aromatic heterocycles. The predicted molar refractivity (Wildman–Crippen MR) is 81.7 cm³/mol. The van der Waals surface area contributed by atoms with Crippen molar-refractivity contribution in [1.82, 2.24) is 20.2 Å². The molecule has 0 saturated heterocycles. The first kappa shape index (κ1) is 13.6. The van der Waals surface area contributed by atoms with E-state index in [9.17, 15) is 4.79 Å². The summed E-state index contributed by atoms with van der Waals surface area (Å²) >= 11 is 3.45. The number of Topliss-reactive ketones (excluding diaryl/α,β-unsaturated/α-hetero) is 1. The summed E-state index contributed by atoms with van der Waals surface area (Å²) in [5, 5.41) is 12.2. The molecule has 0 fully saturated rings. The third-order valence-corrected chi connectivity index (χ3v) is 3.64. The third-order valence-electron chi connectivity index (χ3n) is 2.95. The Labute approximate surface area is 129 Å². The molecule has 0 aliphatic rings. The standard InChI is InChI=1S/C15H11BrN4O/c16-13-9-5-4-8-12(13)15-17-19-20(18-15)10-14(21)11-6-2-1-3-7-11/h1-9H,10H2. The Bertz CT molecular complexity index is 770. The maximum Gasteiger partial charge on any atom is 0.206 e. The number of carbonyl (C=O) groups is 1. The van der Waals surface area contributed by atoms with Gasteiger partial charge in [-0.15, -0.1) is 10.2 Å². The van der Waals surface area contributed by atoms with Crippen molar-refractivity contribution in [2.75, 3.05) is 0 Å². The molecule has 3 rings (SSSR count). The molecule has 0 aliphatic heterocycles. The molecule has 1 heterocycles. The van der Waals surface area contributed by atoms with Crippen LogP contribution >= 0.6 is 15.9 Å². The Morgan fingerprint density at radius 3 is 2.52 bits per heavy atom. The molecule has 0 saturated carbocycles. The lowest BCUT2D eigenvalue weighted by Crippen LogP contribution is -2.13. The summed E-state index contributed by atoms with van der Waals surface area (Å²) in [4.78, 5) is 13.4. The first-order valence-corrected chi connectivity index (χ1v) is 7.14. The highest BCUT2D eigenvalue weighted by Crippen LogP contribution is 2.24. The minimum absolute atomic E-state index is 0.0494. The second-order valence-corrected chi connectivity index (χ2v) is 5.27. The largest absolute Gasteiger partial charge is 0.292 e. The molecule has 6 heteroatoms. The highest BCUT2D eigenvalue weighted by atomic mass is 79.9. The van der Waals surface area contributed by atoms with Gasteiger partial charge >= 0.3 is 0 Å². The van der Waals surface area contributed by atoms with Gasteiger partial charge in [0.25, 0.3) is 0 Å². The van der Waals surface area contributed by atoms with Crippen molar-refractivity contribution in [3.8, 4) is 11.4 Å². The summed E-state index contributed by atoms with van der Waals surface area (Å²) in [6.45, 7) is 0.0709. The molecule has 21 heavy (non-hydrogen) atoms. The Balaban J connectivity index is 1.80. The van der Waals surface area contributed by atoms with Crippen LogP contribution in [0.3, 0.4) is 0 Å². The van der Waals surface area contributed by atoms with Crippen LogP contribution in [0.4, 0.5) is 0 Å². The van der Waals surface area contributed by atoms with Gasteiger partial charge in [0, 0.05) is 15.6 Å². The van der Waals surface area contributed by atoms with Gasteiger partial charge in [0.15, 0.2) is 5.78 Å². The van der Waals surface area contributed by atoms with E-state index in [-0.39, 0.29) is 12.3 Å². The maximum absolute atomic E-state index is 12.1. The number of hydrogen-bond acceptors (Lipinski definition) is 4. The Morgan fingerprint density at radius 2 is 1.76 bits per heavy atom. The average Bonchev–Trinajstić information content (AvgIpc) is 2.97. The molecule has 0 unspecified atom stereocenters. The first-order chi connectivity index (χ1) is 10.2. The van der Waals surface area contributed by atoms with Gasteiger partial charge in [-0.1, -0.05) is 58.4 Å². The van der Waals surface area contributed by atoms with Crippen molar-refractivity contribution in [3.05, 3.63) is 64.6 Å². The van der Waals surface area contributed by atoms with Gasteiger partial charge in [-0.05, 0) is 17.3 Å². The molecular formula is C15H11BrN4O. The van der Waals surface area contributed by atoms with Crippen LogP contribution in [-0.4, -0.2) is 26.0 Å². The number of halogens is 1. The van der Waals surface area contributed by atoms with E-state index >= 15 is 0 Å². The molecule has 0 spiro atoms. The van der Waals surface area contributed by atoms with Gasteiger partial charge in [0.1, 0.15) is 6.54 Å². The zero-order valence-electron chi connectivity index (χ0n) is 11.0. The van der Waals surface area contributed by atoms with Crippen LogP contribution < -0.4 is 0 Å². The Hall–Kier alpha value is -2.34. The van der Waals surface area contributed by atoms with Crippen LogP contribution in [0.15, 0.2) is 59.1 Å². The van der Waals surface area contributed by atoms with Crippen molar-refractivity contribution in [1.29, 1.82) is 0 Å². The Morgan fingerprint density at radius 1 is 1.05 bits per heavy atom. The van der Waals surface area contributed by atoms with Crippen molar-refractivity contribution >= 4 is 21.7 Å².